The van der Waals surface area contributed by atoms with Gasteiger partial charge in [-0.2, -0.15) is 0 Å². The van der Waals surface area contributed by atoms with Crippen LogP contribution >= 0.6 is 11.3 Å². The number of fused-ring (bicyclic) bond motifs is 2. The number of hydrogen-bond acceptors (Lipinski definition) is 4. The minimum absolute atomic E-state index is 0.0334. The van der Waals surface area contributed by atoms with Gasteiger partial charge >= 0.3 is 5.97 Å². The Balaban J connectivity index is 1.64. The summed E-state index contributed by atoms with van der Waals surface area (Å²) in [6, 6.07) is 7.90. The standard InChI is InChI=1S/C22H25NO3S/c24-21(25)14-16-6-7-20-19(13-16)18(22-17(15-26-20)8-12-27-22)5-4-11-23-9-2-1-3-10-23/h5-8,12-13H,1-4,9-11,14-15H2,(H,24,25). The molecular formula is C22H25NO3S. The SMILES string of the molecule is O=C(O)Cc1ccc2c(c1)C(=CCCN1CCCCC1)c1sccc1CO2. The molecule has 3 heterocycles. The van der Waals surface area contributed by atoms with E-state index in [0.29, 0.717) is 6.61 Å². The number of carboxylic acid groups (broad SMARTS) is 1. The number of likely N-dealkylation sites (tertiary alicyclic amines) is 1. The first kappa shape index (κ1) is 18.3. The molecule has 0 atom stereocenters. The topological polar surface area (TPSA) is 49.8 Å². The molecular weight excluding hydrogens is 358 g/mol. The van der Waals surface area contributed by atoms with Crippen molar-refractivity contribution in [3.63, 3.8) is 0 Å². The molecule has 4 nitrogen and oxygen atoms in total. The van der Waals surface area contributed by atoms with Crippen LogP contribution in [-0.4, -0.2) is 35.6 Å². The first-order valence-electron chi connectivity index (χ1n) is 9.68. The van der Waals surface area contributed by atoms with Crippen LogP contribution in [0, 0.1) is 0 Å². The number of benzene rings is 1. The maximum Gasteiger partial charge on any atom is 0.307 e. The van der Waals surface area contributed by atoms with E-state index in [1.807, 2.05) is 18.2 Å². The van der Waals surface area contributed by atoms with E-state index in [1.54, 1.807) is 11.3 Å². The van der Waals surface area contributed by atoms with Crippen LogP contribution in [-0.2, 0) is 17.8 Å². The molecule has 4 rings (SSSR count). The second-order valence-corrected chi connectivity index (χ2v) is 8.19. The number of thiophene rings is 1. The Morgan fingerprint density at radius 2 is 2.07 bits per heavy atom. The lowest BCUT2D eigenvalue weighted by Gasteiger charge is -2.25. The van der Waals surface area contributed by atoms with Crippen LogP contribution in [0.5, 0.6) is 5.75 Å². The summed E-state index contributed by atoms with van der Waals surface area (Å²) in [5.41, 5.74) is 4.23. The van der Waals surface area contributed by atoms with Gasteiger partial charge in [-0.25, -0.2) is 0 Å². The molecule has 0 unspecified atom stereocenters. The average molecular weight is 384 g/mol. The van der Waals surface area contributed by atoms with Gasteiger partial charge < -0.3 is 14.7 Å². The smallest absolute Gasteiger partial charge is 0.307 e. The summed E-state index contributed by atoms with van der Waals surface area (Å²) < 4.78 is 6.03. The molecule has 27 heavy (non-hydrogen) atoms. The molecule has 2 aliphatic rings. The highest BCUT2D eigenvalue weighted by Gasteiger charge is 2.21. The van der Waals surface area contributed by atoms with Gasteiger partial charge in [-0.3, -0.25) is 4.79 Å². The fourth-order valence-corrected chi connectivity index (χ4v) is 4.91. The van der Waals surface area contributed by atoms with E-state index < -0.39 is 5.97 Å². The summed E-state index contributed by atoms with van der Waals surface area (Å²) in [5.74, 6) is 0.0358. The van der Waals surface area contributed by atoms with E-state index in [-0.39, 0.29) is 6.42 Å². The Kier molecular flexibility index (Phi) is 5.60. The summed E-state index contributed by atoms with van der Waals surface area (Å²) in [5, 5.41) is 11.3. The van der Waals surface area contributed by atoms with Crippen molar-refractivity contribution >= 4 is 22.9 Å². The van der Waals surface area contributed by atoms with E-state index in [2.05, 4.69) is 22.4 Å². The van der Waals surface area contributed by atoms with Gasteiger partial charge in [0, 0.05) is 22.5 Å². The Morgan fingerprint density at radius 1 is 1.22 bits per heavy atom. The number of carbonyl (C=O) groups is 1. The van der Waals surface area contributed by atoms with E-state index in [1.165, 1.54) is 48.4 Å². The van der Waals surface area contributed by atoms with Crippen LogP contribution in [0.15, 0.2) is 35.7 Å². The van der Waals surface area contributed by atoms with Crippen LogP contribution in [0.3, 0.4) is 0 Å². The van der Waals surface area contributed by atoms with Crippen molar-refractivity contribution in [3.05, 3.63) is 57.3 Å². The van der Waals surface area contributed by atoms with Crippen molar-refractivity contribution < 1.29 is 14.6 Å². The van der Waals surface area contributed by atoms with E-state index >= 15 is 0 Å². The molecule has 1 aromatic carbocycles. The molecule has 1 fully saturated rings. The number of aliphatic carboxylic acids is 1. The van der Waals surface area contributed by atoms with Crippen LogP contribution in [0.1, 0.15) is 47.3 Å². The lowest BCUT2D eigenvalue weighted by Crippen LogP contribution is -2.30. The summed E-state index contributed by atoms with van der Waals surface area (Å²) in [6.45, 7) is 4.05. The molecule has 142 valence electrons. The van der Waals surface area contributed by atoms with Crippen molar-refractivity contribution in [2.24, 2.45) is 0 Å². The minimum atomic E-state index is -0.808. The first-order valence-corrected chi connectivity index (χ1v) is 10.6. The molecule has 0 aliphatic carbocycles. The zero-order valence-electron chi connectivity index (χ0n) is 15.4. The van der Waals surface area contributed by atoms with Gasteiger partial charge in [0.25, 0.3) is 0 Å². The number of ether oxygens (including phenoxy) is 1. The minimum Gasteiger partial charge on any atom is -0.488 e. The summed E-state index contributed by atoms with van der Waals surface area (Å²) in [6.07, 6.45) is 7.32. The molecule has 0 spiro atoms. The van der Waals surface area contributed by atoms with Gasteiger partial charge in [0.05, 0.1) is 6.42 Å². The monoisotopic (exact) mass is 383 g/mol. The molecule has 1 aromatic heterocycles. The molecule has 1 saturated heterocycles. The molecule has 2 aliphatic heterocycles. The number of hydrogen-bond donors (Lipinski definition) is 1. The number of nitrogens with zero attached hydrogens (tertiary/aromatic N) is 1. The highest BCUT2D eigenvalue weighted by Crippen LogP contribution is 2.40. The Hall–Kier alpha value is -2.11. The molecule has 2 aromatic rings. The Bertz CT molecular complexity index is 849. The van der Waals surface area contributed by atoms with Gasteiger partial charge in [0.1, 0.15) is 12.4 Å². The predicted molar refractivity (Wildman–Crippen MR) is 108 cm³/mol. The van der Waals surface area contributed by atoms with E-state index in [0.717, 1.165) is 29.8 Å². The van der Waals surface area contributed by atoms with Crippen LogP contribution < -0.4 is 4.74 Å². The third-order valence-corrected chi connectivity index (χ3v) is 6.30. The van der Waals surface area contributed by atoms with Gasteiger partial charge in [-0.1, -0.05) is 18.6 Å². The summed E-state index contributed by atoms with van der Waals surface area (Å²) >= 11 is 1.74. The van der Waals surface area contributed by atoms with Crippen molar-refractivity contribution in [2.45, 2.75) is 38.7 Å². The normalized spacial score (nSPS) is 18.4. The molecule has 0 amide bonds. The number of carboxylic acids is 1. The maximum atomic E-state index is 11.1. The second kappa shape index (κ2) is 8.28. The van der Waals surface area contributed by atoms with Crippen molar-refractivity contribution in [2.75, 3.05) is 19.6 Å². The lowest BCUT2D eigenvalue weighted by molar-refractivity contribution is -0.136. The Labute approximate surface area is 164 Å². The first-order chi connectivity index (χ1) is 13.2. The molecule has 5 heteroatoms. The fourth-order valence-electron chi connectivity index (χ4n) is 3.94. The summed E-state index contributed by atoms with van der Waals surface area (Å²) in [4.78, 5) is 14.9. The highest BCUT2D eigenvalue weighted by molar-refractivity contribution is 7.11. The van der Waals surface area contributed by atoms with Gasteiger partial charge in [-0.15, -0.1) is 11.3 Å². The lowest BCUT2D eigenvalue weighted by atomic mass is 9.97. The van der Waals surface area contributed by atoms with Crippen LogP contribution in [0.4, 0.5) is 0 Å². The quantitative estimate of drug-likeness (QED) is 0.821. The molecule has 0 radical (unpaired) electrons. The number of rotatable bonds is 5. The third kappa shape index (κ3) is 4.25. The van der Waals surface area contributed by atoms with Crippen LogP contribution in [0.25, 0.3) is 5.57 Å². The van der Waals surface area contributed by atoms with E-state index in [9.17, 15) is 4.79 Å². The van der Waals surface area contributed by atoms with Gasteiger partial charge in [-0.05, 0) is 67.1 Å². The van der Waals surface area contributed by atoms with E-state index in [4.69, 9.17) is 9.84 Å². The van der Waals surface area contributed by atoms with Crippen molar-refractivity contribution in [1.82, 2.24) is 4.90 Å². The fraction of sp³-hybridized carbons (Fsp3) is 0.409. The van der Waals surface area contributed by atoms with Crippen LogP contribution in [0.2, 0.25) is 0 Å². The molecule has 0 saturated carbocycles. The largest absolute Gasteiger partial charge is 0.488 e. The summed E-state index contributed by atoms with van der Waals surface area (Å²) in [7, 11) is 0. The second-order valence-electron chi connectivity index (χ2n) is 7.27. The highest BCUT2D eigenvalue weighted by atomic mass is 32.1. The van der Waals surface area contributed by atoms with Crippen molar-refractivity contribution in [3.8, 4) is 5.75 Å². The maximum absolute atomic E-state index is 11.1. The van der Waals surface area contributed by atoms with Crippen molar-refractivity contribution in [1.29, 1.82) is 0 Å². The zero-order chi connectivity index (χ0) is 18.6. The predicted octanol–water partition coefficient (Wildman–Crippen LogP) is 4.58. The van der Waals surface area contributed by atoms with Gasteiger partial charge in [0.2, 0.25) is 0 Å². The third-order valence-electron chi connectivity index (χ3n) is 5.31. The zero-order valence-corrected chi connectivity index (χ0v) is 16.3. The molecule has 1 N–H and O–H groups in total. The molecule has 0 bridgehead atoms. The van der Waals surface area contributed by atoms with Gasteiger partial charge in [0.15, 0.2) is 0 Å². The Morgan fingerprint density at radius 3 is 2.89 bits per heavy atom. The average Bonchev–Trinajstić information content (AvgIpc) is 3.08. The number of piperidine rings is 1.